The second kappa shape index (κ2) is 25.9. The summed E-state index contributed by atoms with van der Waals surface area (Å²) in [6, 6.07) is 0. The SMILES string of the molecule is CCCCCCCCCCCCOCC1COCC(COCCCCCCCCCCCC)O1. The molecule has 0 aliphatic carbocycles. The molecular formula is C30H60O4. The van der Waals surface area contributed by atoms with Crippen LogP contribution in [0.5, 0.6) is 0 Å². The Bertz CT molecular complexity index is 356. The molecule has 1 rings (SSSR count). The smallest absolute Gasteiger partial charge is 0.105 e. The molecule has 0 aromatic rings. The molecule has 204 valence electrons. The highest BCUT2D eigenvalue weighted by atomic mass is 16.6. The third-order valence-corrected chi connectivity index (χ3v) is 6.88. The standard InChI is InChI=1S/C30H60O4/c1-3-5-7-9-11-13-15-17-19-21-23-31-25-29-27-33-28-30(34-29)26-32-24-22-20-18-16-14-12-10-8-6-4-2/h29-30H,3-28H2,1-2H3. The summed E-state index contributed by atoms with van der Waals surface area (Å²) < 4.78 is 23.6. The van der Waals surface area contributed by atoms with Crippen molar-refractivity contribution in [1.82, 2.24) is 0 Å². The van der Waals surface area contributed by atoms with E-state index >= 15 is 0 Å². The quantitative estimate of drug-likeness (QED) is 0.115. The van der Waals surface area contributed by atoms with Crippen LogP contribution in [0, 0.1) is 0 Å². The van der Waals surface area contributed by atoms with E-state index in [9.17, 15) is 0 Å². The van der Waals surface area contributed by atoms with Crippen LogP contribution in [0.3, 0.4) is 0 Å². The van der Waals surface area contributed by atoms with Gasteiger partial charge in [0, 0.05) is 13.2 Å². The van der Waals surface area contributed by atoms with Gasteiger partial charge in [-0.2, -0.15) is 0 Å². The fourth-order valence-corrected chi connectivity index (χ4v) is 4.67. The van der Waals surface area contributed by atoms with Gasteiger partial charge >= 0.3 is 0 Å². The Morgan fingerprint density at radius 2 is 0.794 bits per heavy atom. The topological polar surface area (TPSA) is 36.9 Å². The van der Waals surface area contributed by atoms with Crippen molar-refractivity contribution in [1.29, 1.82) is 0 Å². The van der Waals surface area contributed by atoms with Gasteiger partial charge in [0.05, 0.1) is 26.4 Å². The molecule has 0 aromatic heterocycles. The molecule has 1 aliphatic heterocycles. The van der Waals surface area contributed by atoms with E-state index in [-0.39, 0.29) is 12.2 Å². The maximum atomic E-state index is 6.11. The molecule has 34 heavy (non-hydrogen) atoms. The number of rotatable bonds is 26. The van der Waals surface area contributed by atoms with Gasteiger partial charge in [-0.15, -0.1) is 0 Å². The third-order valence-electron chi connectivity index (χ3n) is 6.88. The fraction of sp³-hybridized carbons (Fsp3) is 1.00. The molecule has 1 saturated heterocycles. The van der Waals surface area contributed by atoms with Crippen molar-refractivity contribution >= 4 is 0 Å². The van der Waals surface area contributed by atoms with E-state index in [0.29, 0.717) is 26.4 Å². The highest BCUT2D eigenvalue weighted by Gasteiger charge is 2.23. The van der Waals surface area contributed by atoms with Gasteiger partial charge in [-0.25, -0.2) is 0 Å². The van der Waals surface area contributed by atoms with E-state index in [2.05, 4.69) is 13.8 Å². The largest absolute Gasteiger partial charge is 0.379 e. The van der Waals surface area contributed by atoms with Crippen LogP contribution in [0.4, 0.5) is 0 Å². The minimum Gasteiger partial charge on any atom is -0.379 e. The predicted molar refractivity (Wildman–Crippen MR) is 145 cm³/mol. The van der Waals surface area contributed by atoms with Crippen LogP contribution in [0.25, 0.3) is 0 Å². The van der Waals surface area contributed by atoms with Crippen molar-refractivity contribution in [2.45, 2.75) is 154 Å². The zero-order valence-electron chi connectivity index (χ0n) is 23.2. The Morgan fingerprint density at radius 1 is 0.471 bits per heavy atom. The molecule has 0 N–H and O–H groups in total. The van der Waals surface area contributed by atoms with Gasteiger partial charge in [-0.1, -0.05) is 129 Å². The van der Waals surface area contributed by atoms with Crippen LogP contribution in [0.1, 0.15) is 142 Å². The average Bonchev–Trinajstić information content (AvgIpc) is 2.85. The summed E-state index contributed by atoms with van der Waals surface area (Å²) in [7, 11) is 0. The lowest BCUT2D eigenvalue weighted by Gasteiger charge is -2.30. The minimum absolute atomic E-state index is 0.0581. The Kier molecular flexibility index (Phi) is 24.3. The number of hydrogen-bond acceptors (Lipinski definition) is 4. The fourth-order valence-electron chi connectivity index (χ4n) is 4.67. The lowest BCUT2D eigenvalue weighted by Crippen LogP contribution is -2.41. The van der Waals surface area contributed by atoms with Crippen LogP contribution in [0.15, 0.2) is 0 Å². The first-order chi connectivity index (χ1) is 16.9. The van der Waals surface area contributed by atoms with Crippen LogP contribution in [-0.2, 0) is 18.9 Å². The second-order valence-corrected chi connectivity index (χ2v) is 10.4. The van der Waals surface area contributed by atoms with Crippen molar-refractivity contribution in [3.63, 3.8) is 0 Å². The van der Waals surface area contributed by atoms with E-state index in [0.717, 1.165) is 26.1 Å². The van der Waals surface area contributed by atoms with Crippen LogP contribution in [0.2, 0.25) is 0 Å². The van der Waals surface area contributed by atoms with Gasteiger partial charge in [-0.05, 0) is 12.8 Å². The summed E-state index contributed by atoms with van der Waals surface area (Å²) in [5.74, 6) is 0. The van der Waals surface area contributed by atoms with E-state index in [1.165, 1.54) is 116 Å². The first-order valence-corrected chi connectivity index (χ1v) is 15.3. The zero-order chi connectivity index (χ0) is 24.4. The lowest BCUT2D eigenvalue weighted by atomic mass is 10.1. The number of unbranched alkanes of at least 4 members (excludes halogenated alkanes) is 18. The maximum absolute atomic E-state index is 6.11. The first kappa shape index (κ1) is 31.9. The second-order valence-electron chi connectivity index (χ2n) is 10.4. The summed E-state index contributed by atoms with van der Waals surface area (Å²) in [4.78, 5) is 0. The van der Waals surface area contributed by atoms with Crippen molar-refractivity contribution in [3.05, 3.63) is 0 Å². The normalized spacial score (nSPS) is 18.5. The molecule has 1 fully saturated rings. The Labute approximate surface area is 213 Å². The molecule has 2 unspecified atom stereocenters. The van der Waals surface area contributed by atoms with Crippen LogP contribution in [-0.4, -0.2) is 51.8 Å². The van der Waals surface area contributed by atoms with Gasteiger partial charge in [0.15, 0.2) is 0 Å². The third kappa shape index (κ3) is 21.1. The van der Waals surface area contributed by atoms with E-state index < -0.39 is 0 Å². The molecule has 0 bridgehead atoms. The number of hydrogen-bond donors (Lipinski definition) is 0. The minimum atomic E-state index is 0.0581. The Morgan fingerprint density at radius 3 is 1.15 bits per heavy atom. The molecule has 2 atom stereocenters. The van der Waals surface area contributed by atoms with Gasteiger partial charge in [0.25, 0.3) is 0 Å². The van der Waals surface area contributed by atoms with Crippen molar-refractivity contribution in [2.75, 3.05) is 39.6 Å². The molecule has 4 nitrogen and oxygen atoms in total. The average molecular weight is 485 g/mol. The summed E-state index contributed by atoms with van der Waals surface area (Å²) in [5, 5.41) is 0. The van der Waals surface area contributed by atoms with Crippen molar-refractivity contribution < 1.29 is 18.9 Å². The van der Waals surface area contributed by atoms with E-state index in [4.69, 9.17) is 18.9 Å². The summed E-state index contributed by atoms with van der Waals surface area (Å²) >= 11 is 0. The molecule has 1 aliphatic rings. The Hall–Kier alpha value is -0.160. The van der Waals surface area contributed by atoms with Gasteiger partial charge < -0.3 is 18.9 Å². The first-order valence-electron chi connectivity index (χ1n) is 15.3. The molecule has 0 radical (unpaired) electrons. The van der Waals surface area contributed by atoms with Crippen LogP contribution >= 0.6 is 0 Å². The van der Waals surface area contributed by atoms with Gasteiger partial charge in [-0.3, -0.25) is 0 Å². The number of ether oxygens (including phenoxy) is 4. The molecular weight excluding hydrogens is 424 g/mol. The highest BCUT2D eigenvalue weighted by Crippen LogP contribution is 2.13. The monoisotopic (exact) mass is 484 g/mol. The summed E-state index contributed by atoms with van der Waals surface area (Å²) in [5.41, 5.74) is 0. The van der Waals surface area contributed by atoms with E-state index in [1.807, 2.05) is 0 Å². The molecule has 0 aromatic carbocycles. The van der Waals surface area contributed by atoms with Crippen molar-refractivity contribution in [3.8, 4) is 0 Å². The van der Waals surface area contributed by atoms with Gasteiger partial charge in [0.1, 0.15) is 12.2 Å². The zero-order valence-corrected chi connectivity index (χ0v) is 23.2. The van der Waals surface area contributed by atoms with Crippen LogP contribution < -0.4 is 0 Å². The molecule has 1 heterocycles. The van der Waals surface area contributed by atoms with Gasteiger partial charge in [0.2, 0.25) is 0 Å². The maximum Gasteiger partial charge on any atom is 0.105 e. The molecule has 4 heteroatoms. The highest BCUT2D eigenvalue weighted by molar-refractivity contribution is 4.68. The molecule has 0 amide bonds. The summed E-state index contributed by atoms with van der Waals surface area (Å²) in [6.45, 7) is 8.83. The molecule has 0 spiro atoms. The Balaban J connectivity index is 1.83. The van der Waals surface area contributed by atoms with E-state index in [1.54, 1.807) is 0 Å². The lowest BCUT2D eigenvalue weighted by molar-refractivity contribution is -0.173. The predicted octanol–water partition coefficient (Wildman–Crippen LogP) is 8.65. The summed E-state index contributed by atoms with van der Waals surface area (Å²) in [6.07, 6.45) is 27.3. The molecule has 0 saturated carbocycles. The van der Waals surface area contributed by atoms with Crippen molar-refractivity contribution in [2.24, 2.45) is 0 Å².